The fourth-order valence-corrected chi connectivity index (χ4v) is 1.91. The molecule has 1 amide bonds. The second-order valence-electron chi connectivity index (χ2n) is 3.18. The minimum Gasteiger partial charge on any atom is -0.480 e. The smallest absolute Gasteiger partial charge is 0.327 e. The lowest BCUT2D eigenvalue weighted by Crippen LogP contribution is -2.41. The highest BCUT2D eigenvalue weighted by atomic mass is 32.2. The molecule has 0 aromatic rings. The second kappa shape index (κ2) is 7.53. The Hall–Kier alpha value is -0.750. The number of hydrogen-bond acceptors (Lipinski definition) is 4. The van der Waals surface area contributed by atoms with Gasteiger partial charge in [-0.15, -0.1) is 0 Å². The lowest BCUT2D eigenvalue weighted by Gasteiger charge is -2.14. The van der Waals surface area contributed by atoms with Gasteiger partial charge < -0.3 is 15.2 Å². The first-order chi connectivity index (χ1) is 6.97. The zero-order valence-corrected chi connectivity index (χ0v) is 9.97. The average molecular weight is 235 g/mol. The molecule has 0 radical (unpaired) electrons. The van der Waals surface area contributed by atoms with Crippen molar-refractivity contribution in [3.63, 3.8) is 0 Å². The van der Waals surface area contributed by atoms with Gasteiger partial charge in [-0.1, -0.05) is 0 Å². The monoisotopic (exact) mass is 235 g/mol. The van der Waals surface area contributed by atoms with Crippen LogP contribution in [0.25, 0.3) is 0 Å². The summed E-state index contributed by atoms with van der Waals surface area (Å²) < 4.78 is 5.02. The van der Waals surface area contributed by atoms with Crippen LogP contribution >= 0.6 is 11.8 Å². The van der Waals surface area contributed by atoms with Gasteiger partial charge >= 0.3 is 5.97 Å². The number of hydrogen-bond donors (Lipinski definition) is 2. The Kier molecular flexibility index (Phi) is 7.15. The van der Waals surface area contributed by atoms with Gasteiger partial charge in [0.1, 0.15) is 6.04 Å². The molecule has 2 atom stereocenters. The number of methoxy groups -OCH3 is 1. The van der Waals surface area contributed by atoms with Crippen molar-refractivity contribution in [1.29, 1.82) is 0 Å². The molecular formula is C9H17NO4S. The van der Waals surface area contributed by atoms with Crippen molar-refractivity contribution in [2.24, 2.45) is 0 Å². The summed E-state index contributed by atoms with van der Waals surface area (Å²) in [7, 11) is 1.60. The number of carboxylic acid groups (broad SMARTS) is 1. The van der Waals surface area contributed by atoms with Gasteiger partial charge in [0.25, 0.3) is 0 Å². The molecule has 0 saturated heterocycles. The highest BCUT2D eigenvalue weighted by Gasteiger charge is 2.18. The van der Waals surface area contributed by atoms with Crippen LogP contribution in [0.1, 0.15) is 13.8 Å². The predicted octanol–water partition coefficient (Wildman–Crippen LogP) is 0.344. The first-order valence-electron chi connectivity index (χ1n) is 4.57. The SMILES string of the molecule is COC(C)CSC[C@H](NC(C)=O)C(=O)O. The van der Waals surface area contributed by atoms with Crippen molar-refractivity contribution < 1.29 is 19.4 Å². The van der Waals surface area contributed by atoms with Crippen LogP contribution < -0.4 is 5.32 Å². The molecule has 6 heteroatoms. The molecule has 88 valence electrons. The van der Waals surface area contributed by atoms with Gasteiger partial charge in [-0.2, -0.15) is 11.8 Å². The Labute approximate surface area is 93.6 Å². The maximum absolute atomic E-state index is 10.7. The molecule has 0 saturated carbocycles. The quantitative estimate of drug-likeness (QED) is 0.665. The minimum atomic E-state index is -1.01. The van der Waals surface area contributed by atoms with Gasteiger partial charge in [-0.3, -0.25) is 4.79 Å². The third-order valence-corrected chi connectivity index (χ3v) is 2.99. The summed E-state index contributed by atoms with van der Waals surface area (Å²) in [4.78, 5) is 21.4. The summed E-state index contributed by atoms with van der Waals surface area (Å²) in [6.45, 7) is 3.21. The van der Waals surface area contributed by atoms with E-state index in [4.69, 9.17) is 9.84 Å². The van der Waals surface area contributed by atoms with E-state index in [1.54, 1.807) is 7.11 Å². The van der Waals surface area contributed by atoms with Gasteiger partial charge in [-0.05, 0) is 6.92 Å². The van der Waals surface area contributed by atoms with E-state index in [1.807, 2.05) is 6.92 Å². The van der Waals surface area contributed by atoms with Gasteiger partial charge in [0, 0.05) is 25.5 Å². The standard InChI is InChI=1S/C9H17NO4S/c1-6(14-3)4-15-5-8(9(12)13)10-7(2)11/h6,8H,4-5H2,1-3H3,(H,10,11)(H,12,13)/t6?,8-/m0/s1. The van der Waals surface area contributed by atoms with Crippen molar-refractivity contribution >= 4 is 23.6 Å². The molecule has 0 aromatic carbocycles. The third-order valence-electron chi connectivity index (χ3n) is 1.72. The molecular weight excluding hydrogens is 218 g/mol. The number of carboxylic acids is 1. The molecule has 0 rings (SSSR count). The van der Waals surface area contributed by atoms with Crippen molar-refractivity contribution in [3.05, 3.63) is 0 Å². The predicted molar refractivity (Wildman–Crippen MR) is 59.0 cm³/mol. The molecule has 2 N–H and O–H groups in total. The third kappa shape index (κ3) is 7.21. The lowest BCUT2D eigenvalue weighted by atomic mass is 10.3. The van der Waals surface area contributed by atoms with Gasteiger partial charge in [0.15, 0.2) is 0 Å². The summed E-state index contributed by atoms with van der Waals surface area (Å²) >= 11 is 1.44. The highest BCUT2D eigenvalue weighted by molar-refractivity contribution is 7.99. The van der Waals surface area contributed by atoms with Crippen LogP contribution in [0.2, 0.25) is 0 Å². The maximum Gasteiger partial charge on any atom is 0.327 e. The molecule has 0 heterocycles. The molecule has 0 aliphatic rings. The number of aliphatic carboxylic acids is 1. The first-order valence-corrected chi connectivity index (χ1v) is 5.73. The van der Waals surface area contributed by atoms with E-state index in [9.17, 15) is 9.59 Å². The van der Waals surface area contributed by atoms with Crippen LogP contribution in [0.4, 0.5) is 0 Å². The Balaban J connectivity index is 3.86. The summed E-state index contributed by atoms with van der Waals surface area (Å²) in [5.74, 6) is -0.284. The fourth-order valence-electron chi connectivity index (χ4n) is 0.840. The van der Waals surface area contributed by atoms with E-state index < -0.39 is 12.0 Å². The lowest BCUT2D eigenvalue weighted by molar-refractivity contribution is -0.140. The number of amides is 1. The number of thioether (sulfide) groups is 1. The summed E-state index contributed by atoms with van der Waals surface area (Å²) in [6, 6.07) is -0.823. The average Bonchev–Trinajstić information content (AvgIpc) is 2.15. The van der Waals surface area contributed by atoms with Crippen LogP contribution in [0.15, 0.2) is 0 Å². The Morgan fingerprint density at radius 1 is 1.47 bits per heavy atom. The molecule has 0 spiro atoms. The van der Waals surface area contributed by atoms with Gasteiger partial charge in [-0.25, -0.2) is 4.79 Å². The maximum atomic E-state index is 10.7. The first kappa shape index (κ1) is 14.2. The number of carbonyl (C=O) groups excluding carboxylic acids is 1. The normalized spacial score (nSPS) is 14.3. The van der Waals surface area contributed by atoms with Crippen molar-refractivity contribution in [2.75, 3.05) is 18.6 Å². The van der Waals surface area contributed by atoms with Crippen molar-refractivity contribution in [2.45, 2.75) is 26.0 Å². The molecule has 0 bridgehead atoms. The number of carbonyl (C=O) groups is 2. The minimum absolute atomic E-state index is 0.0850. The van der Waals surface area contributed by atoms with E-state index >= 15 is 0 Å². The molecule has 5 nitrogen and oxygen atoms in total. The molecule has 0 aromatic heterocycles. The van der Waals surface area contributed by atoms with E-state index in [0.717, 1.165) is 0 Å². The van der Waals surface area contributed by atoms with E-state index in [-0.39, 0.29) is 12.0 Å². The molecule has 0 aliphatic carbocycles. The van der Waals surface area contributed by atoms with E-state index in [1.165, 1.54) is 18.7 Å². The zero-order valence-electron chi connectivity index (χ0n) is 9.15. The fraction of sp³-hybridized carbons (Fsp3) is 0.778. The number of rotatable bonds is 7. The van der Waals surface area contributed by atoms with Gasteiger partial charge in [0.2, 0.25) is 5.91 Å². The number of nitrogens with one attached hydrogen (secondary N) is 1. The summed E-state index contributed by atoms with van der Waals surface area (Å²) in [5, 5.41) is 11.2. The second-order valence-corrected chi connectivity index (χ2v) is 4.25. The molecule has 0 aliphatic heterocycles. The topological polar surface area (TPSA) is 75.6 Å². The van der Waals surface area contributed by atoms with Crippen LogP contribution in [0, 0.1) is 0 Å². The van der Waals surface area contributed by atoms with Crippen LogP contribution in [-0.2, 0) is 14.3 Å². The largest absolute Gasteiger partial charge is 0.480 e. The summed E-state index contributed by atoms with van der Waals surface area (Å²) in [6.07, 6.45) is 0.0850. The van der Waals surface area contributed by atoms with Crippen LogP contribution in [0.5, 0.6) is 0 Å². The van der Waals surface area contributed by atoms with Gasteiger partial charge in [0.05, 0.1) is 6.10 Å². The Bertz CT molecular complexity index is 222. The Morgan fingerprint density at radius 2 is 2.07 bits per heavy atom. The molecule has 15 heavy (non-hydrogen) atoms. The highest BCUT2D eigenvalue weighted by Crippen LogP contribution is 2.07. The van der Waals surface area contributed by atoms with Crippen molar-refractivity contribution in [1.82, 2.24) is 5.32 Å². The van der Waals surface area contributed by atoms with Crippen LogP contribution in [-0.4, -0.2) is 47.7 Å². The molecule has 0 fully saturated rings. The summed E-state index contributed by atoms with van der Waals surface area (Å²) in [5.41, 5.74) is 0. The number of ether oxygens (including phenoxy) is 1. The molecule has 1 unspecified atom stereocenters. The van der Waals surface area contributed by atoms with E-state index in [0.29, 0.717) is 11.5 Å². The van der Waals surface area contributed by atoms with E-state index in [2.05, 4.69) is 5.32 Å². The zero-order chi connectivity index (χ0) is 11.8. The van der Waals surface area contributed by atoms with Crippen LogP contribution in [0.3, 0.4) is 0 Å². The van der Waals surface area contributed by atoms with Crippen molar-refractivity contribution in [3.8, 4) is 0 Å². The Morgan fingerprint density at radius 3 is 2.47 bits per heavy atom.